The third-order valence-corrected chi connectivity index (χ3v) is 4.85. The van der Waals surface area contributed by atoms with E-state index in [1.165, 1.54) is 4.90 Å². The van der Waals surface area contributed by atoms with Crippen molar-refractivity contribution in [2.75, 3.05) is 45.8 Å². The van der Waals surface area contributed by atoms with E-state index in [4.69, 9.17) is 0 Å². The molecule has 0 radical (unpaired) electrons. The first-order valence-electron chi connectivity index (χ1n) is 9.44. The fourth-order valence-electron chi connectivity index (χ4n) is 3.68. The zero-order valence-electron chi connectivity index (χ0n) is 16.2. The molecule has 1 atom stereocenters. The molecule has 7 N–H and O–H groups in total. The SMILES string of the molecule is O=C(O)CC1NCCNCCNCCCN(CC(=O)O)C1(CC(=O)O)CC(=O)O. The number of aliphatic carboxylic acids is 4. The van der Waals surface area contributed by atoms with Gasteiger partial charge in [0.2, 0.25) is 0 Å². The van der Waals surface area contributed by atoms with Crippen LogP contribution in [0.3, 0.4) is 0 Å². The van der Waals surface area contributed by atoms with E-state index in [-0.39, 0.29) is 13.1 Å². The van der Waals surface area contributed by atoms with Crippen LogP contribution in [0.4, 0.5) is 0 Å². The van der Waals surface area contributed by atoms with E-state index in [0.29, 0.717) is 32.6 Å². The molecule has 0 aromatic heterocycles. The van der Waals surface area contributed by atoms with Crippen molar-refractivity contribution < 1.29 is 39.6 Å². The van der Waals surface area contributed by atoms with Crippen LogP contribution in [-0.2, 0) is 19.2 Å². The fraction of sp³-hybridized carbons (Fsp3) is 0.765. The number of nitrogens with one attached hydrogen (secondary N) is 3. The predicted octanol–water partition coefficient (Wildman–Crippen LogP) is -1.92. The van der Waals surface area contributed by atoms with Crippen molar-refractivity contribution in [3.8, 4) is 0 Å². The van der Waals surface area contributed by atoms with Gasteiger partial charge < -0.3 is 36.4 Å². The van der Waals surface area contributed by atoms with Crippen LogP contribution in [0.25, 0.3) is 0 Å². The summed E-state index contributed by atoms with van der Waals surface area (Å²) in [4.78, 5) is 47.6. The molecule has 1 fully saturated rings. The quantitative estimate of drug-likeness (QED) is 0.232. The third kappa shape index (κ3) is 8.73. The van der Waals surface area contributed by atoms with Crippen LogP contribution < -0.4 is 16.0 Å². The number of nitrogens with zero attached hydrogens (tertiary/aromatic N) is 1. The summed E-state index contributed by atoms with van der Waals surface area (Å²) in [5.74, 6) is -5.16. The molecule has 0 aromatic rings. The van der Waals surface area contributed by atoms with E-state index in [1.54, 1.807) is 0 Å². The Morgan fingerprint density at radius 3 is 1.86 bits per heavy atom. The molecule has 1 aliphatic rings. The highest BCUT2D eigenvalue weighted by Crippen LogP contribution is 2.31. The van der Waals surface area contributed by atoms with E-state index < -0.39 is 61.3 Å². The van der Waals surface area contributed by atoms with Crippen LogP contribution in [0.1, 0.15) is 25.7 Å². The van der Waals surface area contributed by atoms with Gasteiger partial charge in [-0.05, 0) is 13.0 Å². The van der Waals surface area contributed by atoms with E-state index in [9.17, 15) is 39.6 Å². The molecule has 0 amide bonds. The lowest BCUT2D eigenvalue weighted by Crippen LogP contribution is -2.65. The van der Waals surface area contributed by atoms with Gasteiger partial charge in [0.05, 0.1) is 31.3 Å². The highest BCUT2D eigenvalue weighted by Gasteiger charge is 2.48. The fourth-order valence-corrected chi connectivity index (χ4v) is 3.68. The van der Waals surface area contributed by atoms with Crippen molar-refractivity contribution in [2.45, 2.75) is 37.3 Å². The molecule has 1 heterocycles. The first-order chi connectivity index (χ1) is 13.7. The minimum atomic E-state index is -1.73. The van der Waals surface area contributed by atoms with Crippen LogP contribution in [0, 0.1) is 0 Å². The van der Waals surface area contributed by atoms with Crippen LogP contribution in [0.5, 0.6) is 0 Å². The summed E-state index contributed by atoms with van der Waals surface area (Å²) in [5.41, 5.74) is -1.73. The molecule has 0 saturated carbocycles. The molecule has 1 unspecified atom stereocenters. The predicted molar refractivity (Wildman–Crippen MR) is 101 cm³/mol. The van der Waals surface area contributed by atoms with Gasteiger partial charge in [-0.15, -0.1) is 0 Å². The number of hydrogen-bond acceptors (Lipinski definition) is 8. The zero-order valence-corrected chi connectivity index (χ0v) is 16.2. The second-order valence-electron chi connectivity index (χ2n) is 7.02. The highest BCUT2D eigenvalue weighted by atomic mass is 16.4. The summed E-state index contributed by atoms with van der Waals surface area (Å²) >= 11 is 0. The van der Waals surface area contributed by atoms with Crippen molar-refractivity contribution in [1.29, 1.82) is 0 Å². The average Bonchev–Trinajstić information content (AvgIpc) is 2.59. The molecule has 166 valence electrons. The van der Waals surface area contributed by atoms with Gasteiger partial charge in [-0.2, -0.15) is 0 Å². The van der Waals surface area contributed by atoms with Crippen molar-refractivity contribution in [3.05, 3.63) is 0 Å². The monoisotopic (exact) mass is 418 g/mol. The van der Waals surface area contributed by atoms with Crippen LogP contribution >= 0.6 is 0 Å². The molecule has 29 heavy (non-hydrogen) atoms. The Balaban J connectivity index is 3.45. The maximum atomic E-state index is 11.7. The lowest BCUT2D eigenvalue weighted by atomic mass is 9.79. The highest BCUT2D eigenvalue weighted by molar-refractivity contribution is 5.76. The second-order valence-corrected chi connectivity index (χ2v) is 7.02. The topological polar surface area (TPSA) is 189 Å². The largest absolute Gasteiger partial charge is 0.481 e. The third-order valence-electron chi connectivity index (χ3n) is 4.85. The van der Waals surface area contributed by atoms with Crippen molar-refractivity contribution in [1.82, 2.24) is 20.9 Å². The Bertz CT molecular complexity index is 536. The molecule has 1 rings (SSSR count). The Kier molecular flexibility index (Phi) is 10.5. The Morgan fingerprint density at radius 2 is 1.34 bits per heavy atom. The minimum absolute atomic E-state index is 0.102. The molecule has 0 aliphatic carbocycles. The van der Waals surface area contributed by atoms with Gasteiger partial charge in [-0.1, -0.05) is 0 Å². The normalized spacial score (nSPS) is 21.9. The molecule has 12 heteroatoms. The second kappa shape index (κ2) is 12.3. The van der Waals surface area contributed by atoms with Crippen LogP contribution in [-0.4, -0.2) is 107 Å². The van der Waals surface area contributed by atoms with Gasteiger partial charge >= 0.3 is 23.9 Å². The van der Waals surface area contributed by atoms with E-state index in [2.05, 4.69) is 16.0 Å². The first kappa shape index (κ1) is 24.8. The van der Waals surface area contributed by atoms with Gasteiger partial charge in [0.1, 0.15) is 0 Å². The molecular formula is C17H30N4O8. The zero-order chi connectivity index (χ0) is 21.9. The number of carbonyl (C=O) groups is 4. The molecule has 0 bridgehead atoms. The number of carboxylic acid groups (broad SMARTS) is 4. The minimum Gasteiger partial charge on any atom is -0.481 e. The smallest absolute Gasteiger partial charge is 0.317 e. The van der Waals surface area contributed by atoms with Gasteiger partial charge in [0, 0.05) is 38.8 Å². The Labute approximate surface area is 168 Å². The van der Waals surface area contributed by atoms with E-state index in [1.807, 2.05) is 0 Å². The first-order valence-corrected chi connectivity index (χ1v) is 9.44. The van der Waals surface area contributed by atoms with Gasteiger partial charge in [0.15, 0.2) is 0 Å². The molecule has 12 nitrogen and oxygen atoms in total. The summed E-state index contributed by atoms with van der Waals surface area (Å²) in [6.45, 7) is 2.08. The molecule has 0 aromatic carbocycles. The Hall–Kier alpha value is -2.28. The molecule has 1 aliphatic heterocycles. The van der Waals surface area contributed by atoms with Crippen molar-refractivity contribution in [3.63, 3.8) is 0 Å². The maximum absolute atomic E-state index is 11.7. The standard InChI is InChI=1S/C17H30N4O8/c22-13(23)8-12-17(9-14(24)25,10-15(26)27)21(11-16(28)29)7-1-2-18-3-4-19-5-6-20-12/h12,18-20H,1-11H2,(H,22,23)(H,24,25)(H,26,27)(H,28,29). The maximum Gasteiger partial charge on any atom is 0.317 e. The summed E-state index contributed by atoms with van der Waals surface area (Å²) in [5, 5.41) is 47.0. The number of hydrogen-bond donors (Lipinski definition) is 7. The van der Waals surface area contributed by atoms with Gasteiger partial charge in [0.25, 0.3) is 0 Å². The number of carboxylic acids is 4. The van der Waals surface area contributed by atoms with Crippen LogP contribution in [0.2, 0.25) is 0 Å². The Morgan fingerprint density at radius 1 is 0.793 bits per heavy atom. The molecule has 0 spiro atoms. The van der Waals surface area contributed by atoms with Gasteiger partial charge in [-0.3, -0.25) is 24.1 Å². The lowest BCUT2D eigenvalue weighted by Gasteiger charge is -2.47. The molecular weight excluding hydrogens is 388 g/mol. The number of rotatable bonds is 8. The summed E-state index contributed by atoms with van der Waals surface area (Å²) in [6.07, 6.45) is -1.53. The van der Waals surface area contributed by atoms with E-state index >= 15 is 0 Å². The van der Waals surface area contributed by atoms with Crippen LogP contribution in [0.15, 0.2) is 0 Å². The summed E-state index contributed by atoms with van der Waals surface area (Å²) in [6, 6.07) is -1.08. The molecule has 1 saturated heterocycles. The lowest BCUT2D eigenvalue weighted by molar-refractivity contribution is -0.154. The van der Waals surface area contributed by atoms with E-state index in [0.717, 1.165) is 0 Å². The van der Waals surface area contributed by atoms with Crippen molar-refractivity contribution in [2.24, 2.45) is 0 Å². The van der Waals surface area contributed by atoms with Gasteiger partial charge in [-0.25, -0.2) is 0 Å². The summed E-state index contributed by atoms with van der Waals surface area (Å²) < 4.78 is 0. The van der Waals surface area contributed by atoms with Crippen molar-refractivity contribution >= 4 is 23.9 Å². The average molecular weight is 418 g/mol. The summed E-state index contributed by atoms with van der Waals surface area (Å²) in [7, 11) is 0.